The molecule has 0 aliphatic carbocycles. The molecule has 2 aromatic heterocycles. The van der Waals surface area contributed by atoms with E-state index in [1.165, 1.54) is 31.3 Å². The lowest BCUT2D eigenvalue weighted by molar-refractivity contribution is 0.101. The highest BCUT2D eigenvalue weighted by molar-refractivity contribution is 6.10. The van der Waals surface area contributed by atoms with Crippen molar-refractivity contribution in [1.82, 2.24) is 9.55 Å². The maximum atomic E-state index is 14.2. The van der Waals surface area contributed by atoms with Gasteiger partial charge < -0.3 is 9.55 Å². The summed E-state index contributed by atoms with van der Waals surface area (Å²) >= 11 is 0. The van der Waals surface area contributed by atoms with Crippen molar-refractivity contribution in [3.8, 4) is 11.1 Å². The molecule has 6 heteroatoms. The third-order valence-electron chi connectivity index (χ3n) is 4.98. The molecule has 0 saturated carbocycles. The first kappa shape index (κ1) is 21.2. The number of rotatable bonds is 6. The summed E-state index contributed by atoms with van der Waals surface area (Å²) in [7, 11) is 0. The summed E-state index contributed by atoms with van der Waals surface area (Å²) in [6.07, 6.45) is 4.94. The van der Waals surface area contributed by atoms with Crippen LogP contribution in [-0.4, -0.2) is 15.3 Å². The van der Waals surface area contributed by atoms with Gasteiger partial charge in [-0.2, -0.15) is 0 Å². The highest BCUT2D eigenvalue weighted by Crippen LogP contribution is 2.35. The highest BCUT2D eigenvalue weighted by atomic mass is 19.1. The Balaban J connectivity index is 2.41. The molecule has 2 heterocycles. The second-order valence-corrected chi connectivity index (χ2v) is 7.05. The average molecular weight is 408 g/mol. The smallest absolute Gasteiger partial charge is 0.255 e. The monoisotopic (exact) mass is 408 g/mol. The van der Waals surface area contributed by atoms with Crippen LogP contribution in [-0.2, 0) is 6.54 Å². The first-order valence-electron chi connectivity index (χ1n) is 9.43. The number of ketones is 1. The van der Waals surface area contributed by atoms with E-state index in [2.05, 4.69) is 11.6 Å². The Bertz CT molecular complexity index is 1280. The summed E-state index contributed by atoms with van der Waals surface area (Å²) < 4.78 is 29.9. The molecule has 0 fully saturated rings. The molecule has 154 valence electrons. The number of aromatic nitrogens is 2. The Kier molecular flexibility index (Phi) is 5.96. The molecule has 0 aliphatic rings. The molecule has 30 heavy (non-hydrogen) atoms. The summed E-state index contributed by atoms with van der Waals surface area (Å²) in [4.78, 5) is 27.8. The van der Waals surface area contributed by atoms with E-state index in [1.807, 2.05) is 19.9 Å². The van der Waals surface area contributed by atoms with Gasteiger partial charge >= 0.3 is 0 Å². The second-order valence-electron chi connectivity index (χ2n) is 7.05. The number of H-pyrrole nitrogens is 1. The number of nitrogens with zero attached hydrogens (tertiary/aromatic N) is 1. The molecule has 0 unspecified atom stereocenters. The Hall–Kier alpha value is -3.54. The van der Waals surface area contributed by atoms with Gasteiger partial charge in [-0.3, -0.25) is 9.59 Å². The normalized spacial score (nSPS) is 12.4. The van der Waals surface area contributed by atoms with E-state index < -0.39 is 11.6 Å². The van der Waals surface area contributed by atoms with Crippen LogP contribution in [0.2, 0.25) is 0 Å². The van der Waals surface area contributed by atoms with Gasteiger partial charge in [0.25, 0.3) is 5.56 Å². The van der Waals surface area contributed by atoms with Crippen molar-refractivity contribution in [1.29, 1.82) is 0 Å². The number of halogens is 2. The summed E-state index contributed by atoms with van der Waals surface area (Å²) in [5.74, 6) is -1.47. The minimum Gasteiger partial charge on any atom is -0.333 e. The number of nitrogens with one attached hydrogen (secondary N) is 1. The standard InChI is InChI=1S/C24H22F2N2O2/c1-5-14(2)11-17(15(3)25)13-28-21-12-18(26)8-9-19(21)22(23(28)16(4)29)20-7-6-10-27-24(20)30/h5-12H,3,13H2,1-2,4H3,(H,27,30)/b14-5-,17-11-. The van der Waals surface area contributed by atoms with Crippen LogP contribution >= 0.6 is 0 Å². The molecule has 3 rings (SSSR count). The summed E-state index contributed by atoms with van der Waals surface area (Å²) in [6.45, 7) is 8.37. The number of fused-ring (bicyclic) bond motifs is 1. The molecular weight excluding hydrogens is 386 g/mol. The first-order valence-corrected chi connectivity index (χ1v) is 9.43. The lowest BCUT2D eigenvalue weighted by Gasteiger charge is -2.12. The van der Waals surface area contributed by atoms with E-state index in [4.69, 9.17) is 0 Å². The molecule has 0 atom stereocenters. The van der Waals surface area contributed by atoms with Crippen molar-refractivity contribution in [3.63, 3.8) is 0 Å². The van der Waals surface area contributed by atoms with Crippen molar-refractivity contribution in [2.24, 2.45) is 0 Å². The number of Topliss-reactive ketones (excluding diaryl/α,β-unsaturated/α-hetero) is 1. The Morgan fingerprint density at radius 3 is 2.60 bits per heavy atom. The van der Waals surface area contributed by atoms with Gasteiger partial charge in [-0.15, -0.1) is 0 Å². The second kappa shape index (κ2) is 8.45. The van der Waals surface area contributed by atoms with Gasteiger partial charge in [0.1, 0.15) is 11.6 Å². The maximum absolute atomic E-state index is 14.2. The lowest BCUT2D eigenvalue weighted by Crippen LogP contribution is -2.13. The van der Waals surface area contributed by atoms with Crippen LogP contribution in [0, 0.1) is 5.82 Å². The molecule has 1 aromatic carbocycles. The minimum absolute atomic E-state index is 0.0415. The fraction of sp³-hybridized carbons (Fsp3) is 0.167. The molecule has 0 aliphatic heterocycles. The van der Waals surface area contributed by atoms with E-state index in [0.29, 0.717) is 16.5 Å². The first-order chi connectivity index (χ1) is 14.2. The topological polar surface area (TPSA) is 54.9 Å². The van der Waals surface area contributed by atoms with Gasteiger partial charge in [0, 0.05) is 35.2 Å². The largest absolute Gasteiger partial charge is 0.333 e. The van der Waals surface area contributed by atoms with Gasteiger partial charge in [-0.1, -0.05) is 24.3 Å². The average Bonchev–Trinajstić information content (AvgIpc) is 3.01. The van der Waals surface area contributed by atoms with E-state index in [9.17, 15) is 18.4 Å². The Morgan fingerprint density at radius 2 is 2.00 bits per heavy atom. The van der Waals surface area contributed by atoms with Crippen molar-refractivity contribution >= 4 is 16.7 Å². The third-order valence-corrected chi connectivity index (χ3v) is 4.98. The Labute approximate surface area is 172 Å². The molecule has 0 amide bonds. The van der Waals surface area contributed by atoms with E-state index >= 15 is 0 Å². The maximum Gasteiger partial charge on any atom is 0.255 e. The van der Waals surface area contributed by atoms with Crippen molar-refractivity contribution in [3.05, 3.63) is 94.1 Å². The van der Waals surface area contributed by atoms with Crippen LogP contribution in [0.5, 0.6) is 0 Å². The van der Waals surface area contributed by atoms with Crippen molar-refractivity contribution < 1.29 is 13.6 Å². The number of hydrogen-bond donors (Lipinski definition) is 1. The van der Waals surface area contributed by atoms with Crippen LogP contribution in [0.3, 0.4) is 0 Å². The number of carbonyl (C=O) groups is 1. The minimum atomic E-state index is -0.650. The molecular formula is C24H22F2N2O2. The van der Waals surface area contributed by atoms with Crippen molar-refractivity contribution in [2.75, 3.05) is 0 Å². The quantitative estimate of drug-likeness (QED) is 0.419. The van der Waals surface area contributed by atoms with Crippen LogP contribution in [0.4, 0.5) is 8.78 Å². The SMILES string of the molecule is C=C(F)/C(=C\C(C)=C/C)Cn1c(C(C)=O)c(-c2ccc[nH]c2=O)c2ccc(F)cc21. The number of pyridine rings is 1. The predicted octanol–water partition coefficient (Wildman–Crippen LogP) is 5.71. The van der Waals surface area contributed by atoms with E-state index in [-0.39, 0.29) is 34.7 Å². The molecule has 0 saturated heterocycles. The van der Waals surface area contributed by atoms with E-state index in [0.717, 1.165) is 5.57 Å². The zero-order chi connectivity index (χ0) is 22.0. The van der Waals surface area contributed by atoms with E-state index in [1.54, 1.807) is 22.8 Å². The van der Waals surface area contributed by atoms with Gasteiger partial charge in [0.05, 0.1) is 17.8 Å². The predicted molar refractivity (Wildman–Crippen MR) is 116 cm³/mol. The number of benzene rings is 1. The third kappa shape index (κ3) is 3.94. The van der Waals surface area contributed by atoms with Gasteiger partial charge in [-0.25, -0.2) is 8.78 Å². The van der Waals surface area contributed by atoms with Gasteiger partial charge in [0.15, 0.2) is 5.78 Å². The highest BCUT2D eigenvalue weighted by Gasteiger charge is 2.24. The molecule has 0 radical (unpaired) electrons. The fourth-order valence-corrected chi connectivity index (χ4v) is 3.48. The molecule has 0 bridgehead atoms. The summed E-state index contributed by atoms with van der Waals surface area (Å²) in [6, 6.07) is 7.33. The van der Waals surface area contributed by atoms with Crippen LogP contribution in [0.15, 0.2) is 77.0 Å². The summed E-state index contributed by atoms with van der Waals surface area (Å²) in [5.41, 5.74) is 1.97. The number of aromatic amines is 1. The van der Waals surface area contributed by atoms with Crippen LogP contribution in [0.1, 0.15) is 31.3 Å². The van der Waals surface area contributed by atoms with Gasteiger partial charge in [0.2, 0.25) is 0 Å². The zero-order valence-electron chi connectivity index (χ0n) is 17.1. The number of allylic oxidation sites excluding steroid dienone is 5. The number of hydrogen-bond acceptors (Lipinski definition) is 2. The fourth-order valence-electron chi connectivity index (χ4n) is 3.48. The van der Waals surface area contributed by atoms with Crippen molar-refractivity contribution in [2.45, 2.75) is 27.3 Å². The Morgan fingerprint density at radius 1 is 1.27 bits per heavy atom. The van der Waals surface area contributed by atoms with Crippen LogP contribution in [0.25, 0.3) is 22.0 Å². The van der Waals surface area contributed by atoms with Crippen LogP contribution < -0.4 is 5.56 Å². The molecule has 4 nitrogen and oxygen atoms in total. The summed E-state index contributed by atoms with van der Waals surface area (Å²) in [5, 5.41) is 0.532. The zero-order valence-corrected chi connectivity index (χ0v) is 17.1. The molecule has 1 N–H and O–H groups in total. The lowest BCUT2D eigenvalue weighted by atomic mass is 10.0. The van der Waals surface area contributed by atoms with Gasteiger partial charge in [-0.05, 0) is 44.2 Å². The molecule has 3 aromatic rings. The molecule has 0 spiro atoms. The number of carbonyl (C=O) groups excluding carboxylic acids is 1.